The van der Waals surface area contributed by atoms with Gasteiger partial charge < -0.3 is 14.8 Å². The molecule has 2 aromatic rings. The lowest BCUT2D eigenvalue weighted by molar-refractivity contribution is -0.135. The number of ether oxygens (including phenoxy) is 2. The summed E-state index contributed by atoms with van der Waals surface area (Å²) in [7, 11) is 0. The summed E-state index contributed by atoms with van der Waals surface area (Å²) in [4.78, 5) is 24.3. The smallest absolute Gasteiger partial charge is 0.318 e. The highest BCUT2D eigenvalue weighted by molar-refractivity contribution is 5.81. The van der Waals surface area contributed by atoms with Crippen LogP contribution in [0.5, 0.6) is 11.5 Å². The van der Waals surface area contributed by atoms with Crippen LogP contribution in [0, 0.1) is 0 Å². The minimum atomic E-state index is -0.647. The normalized spacial score (nSPS) is 13.0. The second-order valence-electron chi connectivity index (χ2n) is 6.45. The Kier molecular flexibility index (Phi) is 6.78. The van der Waals surface area contributed by atoms with Crippen molar-refractivity contribution in [2.45, 2.75) is 45.8 Å². The first-order valence-electron chi connectivity index (χ1n) is 8.70. The van der Waals surface area contributed by atoms with Crippen LogP contribution in [0.15, 0.2) is 54.6 Å². The van der Waals surface area contributed by atoms with Gasteiger partial charge in [0, 0.05) is 12.1 Å². The van der Waals surface area contributed by atoms with Crippen molar-refractivity contribution in [1.29, 1.82) is 0 Å². The van der Waals surface area contributed by atoms with Gasteiger partial charge in [-0.05, 0) is 45.4 Å². The van der Waals surface area contributed by atoms with E-state index in [1.54, 1.807) is 38.1 Å². The Morgan fingerprint density at radius 1 is 0.885 bits per heavy atom. The first-order chi connectivity index (χ1) is 12.4. The SMILES string of the molecule is CC(C)NC(=O)C(C)Oc1cccc(OC(=O)C(C)c2ccccc2)c1. The maximum absolute atomic E-state index is 12.3. The van der Waals surface area contributed by atoms with E-state index in [0.717, 1.165) is 5.56 Å². The highest BCUT2D eigenvalue weighted by Gasteiger charge is 2.19. The summed E-state index contributed by atoms with van der Waals surface area (Å²) in [5.41, 5.74) is 0.892. The number of nitrogens with one attached hydrogen (secondary N) is 1. The highest BCUT2D eigenvalue weighted by Crippen LogP contribution is 2.23. The van der Waals surface area contributed by atoms with Gasteiger partial charge in [-0.2, -0.15) is 0 Å². The molecular weight excluding hydrogens is 330 g/mol. The van der Waals surface area contributed by atoms with Gasteiger partial charge >= 0.3 is 5.97 Å². The van der Waals surface area contributed by atoms with Gasteiger partial charge in [-0.25, -0.2) is 0 Å². The van der Waals surface area contributed by atoms with Crippen molar-refractivity contribution in [2.75, 3.05) is 0 Å². The molecule has 0 saturated heterocycles. The minimum Gasteiger partial charge on any atom is -0.481 e. The van der Waals surface area contributed by atoms with E-state index < -0.39 is 6.10 Å². The molecule has 0 aliphatic rings. The minimum absolute atomic E-state index is 0.0420. The molecule has 0 fully saturated rings. The molecule has 0 saturated carbocycles. The Morgan fingerprint density at radius 2 is 1.54 bits per heavy atom. The van der Waals surface area contributed by atoms with Crippen LogP contribution in [0.3, 0.4) is 0 Å². The predicted octanol–water partition coefficient (Wildman–Crippen LogP) is 3.69. The van der Waals surface area contributed by atoms with Gasteiger partial charge in [-0.15, -0.1) is 0 Å². The molecule has 0 aromatic heterocycles. The lowest BCUT2D eigenvalue weighted by Crippen LogP contribution is -2.40. The third-order valence-electron chi connectivity index (χ3n) is 3.79. The number of amides is 1. The number of esters is 1. The number of benzene rings is 2. The van der Waals surface area contributed by atoms with Gasteiger partial charge in [-0.3, -0.25) is 9.59 Å². The number of rotatable bonds is 7. The first-order valence-corrected chi connectivity index (χ1v) is 8.70. The Balaban J connectivity index is 2.00. The predicted molar refractivity (Wildman–Crippen MR) is 100 cm³/mol. The zero-order valence-corrected chi connectivity index (χ0v) is 15.6. The molecule has 0 aliphatic carbocycles. The largest absolute Gasteiger partial charge is 0.481 e. The fraction of sp³-hybridized carbons (Fsp3) is 0.333. The summed E-state index contributed by atoms with van der Waals surface area (Å²) in [6.07, 6.45) is -0.647. The molecule has 0 heterocycles. The van der Waals surface area contributed by atoms with Gasteiger partial charge in [0.05, 0.1) is 5.92 Å². The van der Waals surface area contributed by atoms with Gasteiger partial charge in [0.2, 0.25) is 0 Å². The Hall–Kier alpha value is -2.82. The fourth-order valence-electron chi connectivity index (χ4n) is 2.35. The molecule has 0 bridgehead atoms. The molecule has 26 heavy (non-hydrogen) atoms. The second kappa shape index (κ2) is 9.04. The van der Waals surface area contributed by atoms with Crippen LogP contribution in [0.1, 0.15) is 39.2 Å². The van der Waals surface area contributed by atoms with Crippen molar-refractivity contribution in [2.24, 2.45) is 0 Å². The van der Waals surface area contributed by atoms with Crippen LogP contribution in [0.4, 0.5) is 0 Å². The van der Waals surface area contributed by atoms with E-state index in [-0.39, 0.29) is 23.8 Å². The van der Waals surface area contributed by atoms with E-state index in [1.165, 1.54) is 0 Å². The molecule has 0 radical (unpaired) electrons. The topological polar surface area (TPSA) is 64.6 Å². The Morgan fingerprint density at radius 3 is 2.19 bits per heavy atom. The van der Waals surface area contributed by atoms with Crippen molar-refractivity contribution < 1.29 is 19.1 Å². The van der Waals surface area contributed by atoms with Crippen LogP contribution in [0.2, 0.25) is 0 Å². The molecule has 0 aliphatic heterocycles. The van der Waals surface area contributed by atoms with Gasteiger partial charge in [-0.1, -0.05) is 36.4 Å². The standard InChI is InChI=1S/C21H25NO4/c1-14(2)22-20(23)16(4)25-18-11-8-12-19(13-18)26-21(24)15(3)17-9-6-5-7-10-17/h5-16H,1-4H3,(H,22,23). The summed E-state index contributed by atoms with van der Waals surface area (Å²) in [6.45, 7) is 7.25. The Labute approximate surface area is 154 Å². The van der Waals surface area contributed by atoms with E-state index in [1.807, 2.05) is 44.2 Å². The Bertz CT molecular complexity index is 743. The van der Waals surface area contributed by atoms with Crippen molar-refractivity contribution >= 4 is 11.9 Å². The molecule has 2 aromatic carbocycles. The number of carbonyl (C=O) groups is 2. The molecule has 5 heteroatoms. The fourth-order valence-corrected chi connectivity index (χ4v) is 2.35. The van der Waals surface area contributed by atoms with Crippen molar-refractivity contribution in [3.05, 3.63) is 60.2 Å². The molecule has 2 unspecified atom stereocenters. The van der Waals surface area contributed by atoms with Crippen LogP contribution in [0.25, 0.3) is 0 Å². The van der Waals surface area contributed by atoms with E-state index in [9.17, 15) is 9.59 Å². The summed E-state index contributed by atoms with van der Waals surface area (Å²) < 4.78 is 11.1. The lowest BCUT2D eigenvalue weighted by Gasteiger charge is -2.17. The number of hydrogen-bond donors (Lipinski definition) is 1. The average molecular weight is 355 g/mol. The van der Waals surface area contributed by atoms with Gasteiger partial charge in [0.1, 0.15) is 11.5 Å². The van der Waals surface area contributed by atoms with Crippen LogP contribution >= 0.6 is 0 Å². The number of carbonyl (C=O) groups excluding carboxylic acids is 2. The molecule has 5 nitrogen and oxygen atoms in total. The molecule has 2 atom stereocenters. The number of hydrogen-bond acceptors (Lipinski definition) is 4. The summed E-state index contributed by atoms with van der Waals surface area (Å²) in [5.74, 6) is -0.0728. The van der Waals surface area contributed by atoms with Crippen LogP contribution < -0.4 is 14.8 Å². The lowest BCUT2D eigenvalue weighted by atomic mass is 10.0. The maximum Gasteiger partial charge on any atom is 0.318 e. The summed E-state index contributed by atoms with van der Waals surface area (Å²) >= 11 is 0. The van der Waals surface area contributed by atoms with Crippen molar-refractivity contribution in [3.63, 3.8) is 0 Å². The zero-order valence-electron chi connectivity index (χ0n) is 15.6. The summed E-state index contributed by atoms with van der Waals surface area (Å²) in [6, 6.07) is 16.2. The second-order valence-corrected chi connectivity index (χ2v) is 6.45. The molecule has 2 rings (SSSR count). The molecular formula is C21H25NO4. The van der Waals surface area contributed by atoms with Crippen LogP contribution in [-0.4, -0.2) is 24.0 Å². The molecule has 0 spiro atoms. The first kappa shape index (κ1) is 19.5. The van der Waals surface area contributed by atoms with Crippen molar-refractivity contribution in [3.8, 4) is 11.5 Å². The highest BCUT2D eigenvalue weighted by atomic mass is 16.5. The van der Waals surface area contributed by atoms with Gasteiger partial charge in [0.15, 0.2) is 6.10 Å². The molecule has 1 amide bonds. The third kappa shape index (κ3) is 5.62. The molecule has 1 N–H and O–H groups in total. The van der Waals surface area contributed by atoms with Crippen LogP contribution in [-0.2, 0) is 9.59 Å². The average Bonchev–Trinajstić information content (AvgIpc) is 2.61. The summed E-state index contributed by atoms with van der Waals surface area (Å²) in [5, 5.41) is 2.79. The maximum atomic E-state index is 12.3. The van der Waals surface area contributed by atoms with E-state index >= 15 is 0 Å². The van der Waals surface area contributed by atoms with Gasteiger partial charge in [0.25, 0.3) is 5.91 Å². The van der Waals surface area contributed by atoms with Crippen molar-refractivity contribution in [1.82, 2.24) is 5.32 Å². The van der Waals surface area contributed by atoms with E-state index in [2.05, 4.69) is 5.32 Å². The quantitative estimate of drug-likeness (QED) is 0.608. The van der Waals surface area contributed by atoms with E-state index in [0.29, 0.717) is 11.5 Å². The van der Waals surface area contributed by atoms with E-state index in [4.69, 9.17) is 9.47 Å². The monoisotopic (exact) mass is 355 g/mol. The third-order valence-corrected chi connectivity index (χ3v) is 3.79. The molecule has 138 valence electrons. The zero-order chi connectivity index (χ0) is 19.1.